The van der Waals surface area contributed by atoms with Crippen molar-refractivity contribution in [2.75, 3.05) is 18.0 Å². The fourth-order valence-corrected chi connectivity index (χ4v) is 3.57. The Morgan fingerprint density at radius 2 is 2.00 bits per heavy atom. The van der Waals surface area contributed by atoms with Gasteiger partial charge in [0, 0.05) is 24.3 Å². The minimum absolute atomic E-state index is 0.323. The summed E-state index contributed by atoms with van der Waals surface area (Å²) >= 11 is 0. The first kappa shape index (κ1) is 16.5. The van der Waals surface area contributed by atoms with Crippen LogP contribution >= 0.6 is 0 Å². The predicted octanol–water partition coefficient (Wildman–Crippen LogP) is 4.30. The van der Waals surface area contributed by atoms with E-state index in [4.69, 9.17) is 0 Å². The molecule has 4 nitrogen and oxygen atoms in total. The molecule has 0 amide bonds. The summed E-state index contributed by atoms with van der Waals surface area (Å²) in [7, 11) is 0. The van der Waals surface area contributed by atoms with E-state index in [9.17, 15) is 9.90 Å². The highest BCUT2D eigenvalue weighted by atomic mass is 16.4. The van der Waals surface area contributed by atoms with E-state index >= 15 is 0 Å². The van der Waals surface area contributed by atoms with Crippen molar-refractivity contribution in [3.8, 4) is 11.1 Å². The van der Waals surface area contributed by atoms with Crippen LogP contribution in [-0.4, -0.2) is 29.1 Å². The van der Waals surface area contributed by atoms with Crippen molar-refractivity contribution in [2.24, 2.45) is 5.92 Å². The number of benzene rings is 1. The molecule has 1 aromatic carbocycles. The molecule has 0 radical (unpaired) electrons. The molecule has 1 saturated heterocycles. The molecule has 3 rings (SSSR count). The van der Waals surface area contributed by atoms with Gasteiger partial charge in [-0.25, -0.2) is 9.78 Å². The Labute approximate surface area is 143 Å². The molecule has 1 fully saturated rings. The number of pyridine rings is 1. The summed E-state index contributed by atoms with van der Waals surface area (Å²) in [6, 6.07) is 9.81. The average molecular weight is 324 g/mol. The molecule has 1 aromatic heterocycles. The first-order valence-corrected chi connectivity index (χ1v) is 8.53. The highest BCUT2D eigenvalue weighted by Crippen LogP contribution is 2.34. The fourth-order valence-electron chi connectivity index (χ4n) is 3.57. The molecule has 2 aromatic rings. The second-order valence-electron chi connectivity index (χ2n) is 6.82. The molecular formula is C20H24N2O2. The van der Waals surface area contributed by atoms with Crippen LogP contribution in [0.25, 0.3) is 11.1 Å². The molecule has 1 aliphatic rings. The van der Waals surface area contributed by atoms with E-state index in [1.807, 2.05) is 44.2 Å². The van der Waals surface area contributed by atoms with E-state index in [0.29, 0.717) is 17.3 Å². The first-order chi connectivity index (χ1) is 11.5. The molecule has 2 heterocycles. The summed E-state index contributed by atoms with van der Waals surface area (Å²) < 4.78 is 0. The predicted molar refractivity (Wildman–Crippen MR) is 96.7 cm³/mol. The molecule has 0 spiro atoms. The third kappa shape index (κ3) is 3.14. The molecule has 1 unspecified atom stereocenters. The van der Waals surface area contributed by atoms with Gasteiger partial charge in [0.1, 0.15) is 11.4 Å². The molecule has 0 saturated carbocycles. The Hall–Kier alpha value is -2.36. The van der Waals surface area contributed by atoms with Gasteiger partial charge in [0.05, 0.1) is 0 Å². The maximum atomic E-state index is 12.1. The van der Waals surface area contributed by atoms with Crippen molar-refractivity contribution in [1.82, 2.24) is 4.98 Å². The van der Waals surface area contributed by atoms with E-state index < -0.39 is 5.97 Å². The van der Waals surface area contributed by atoms with Gasteiger partial charge in [-0.05, 0) is 49.8 Å². The van der Waals surface area contributed by atoms with Gasteiger partial charge >= 0.3 is 5.97 Å². The van der Waals surface area contributed by atoms with Crippen molar-refractivity contribution < 1.29 is 9.90 Å². The van der Waals surface area contributed by atoms with E-state index in [1.54, 1.807) is 0 Å². The Morgan fingerprint density at radius 1 is 1.25 bits per heavy atom. The van der Waals surface area contributed by atoms with Crippen LogP contribution in [-0.2, 0) is 0 Å². The van der Waals surface area contributed by atoms with Gasteiger partial charge in [0.15, 0.2) is 0 Å². The van der Waals surface area contributed by atoms with Crippen LogP contribution in [0.4, 0.5) is 5.82 Å². The second kappa shape index (κ2) is 6.63. The highest BCUT2D eigenvalue weighted by Gasteiger charge is 2.26. The Bertz CT molecular complexity index is 770. The quantitative estimate of drug-likeness (QED) is 0.914. The van der Waals surface area contributed by atoms with Crippen LogP contribution in [0.2, 0.25) is 0 Å². The van der Waals surface area contributed by atoms with E-state index in [2.05, 4.69) is 16.8 Å². The van der Waals surface area contributed by atoms with Crippen LogP contribution in [0.15, 0.2) is 30.3 Å². The zero-order chi connectivity index (χ0) is 17.3. The van der Waals surface area contributed by atoms with Gasteiger partial charge < -0.3 is 10.0 Å². The number of anilines is 1. The van der Waals surface area contributed by atoms with Gasteiger partial charge in [-0.15, -0.1) is 0 Å². The largest absolute Gasteiger partial charge is 0.478 e. The second-order valence-corrected chi connectivity index (χ2v) is 6.82. The Morgan fingerprint density at radius 3 is 2.67 bits per heavy atom. The smallest absolute Gasteiger partial charge is 0.340 e. The first-order valence-electron chi connectivity index (χ1n) is 8.53. The third-order valence-corrected chi connectivity index (χ3v) is 4.73. The molecule has 0 bridgehead atoms. The maximum absolute atomic E-state index is 12.1. The fraction of sp³-hybridized carbons (Fsp3) is 0.400. The lowest BCUT2D eigenvalue weighted by Crippen LogP contribution is -2.36. The van der Waals surface area contributed by atoms with Crippen molar-refractivity contribution in [3.05, 3.63) is 47.2 Å². The van der Waals surface area contributed by atoms with E-state index in [0.717, 1.165) is 41.9 Å². The van der Waals surface area contributed by atoms with Gasteiger partial charge in [-0.1, -0.05) is 31.2 Å². The standard InChI is InChI=1S/C20H24N2O2/c1-13-7-6-10-22(12-13)19-18(20(23)24)17(11-15(3)21-19)16-9-5-4-8-14(16)2/h4-5,8-9,11,13H,6-7,10,12H2,1-3H3,(H,23,24). The third-order valence-electron chi connectivity index (χ3n) is 4.73. The number of piperidine rings is 1. The maximum Gasteiger partial charge on any atom is 0.340 e. The summed E-state index contributed by atoms with van der Waals surface area (Å²) in [6.07, 6.45) is 2.27. The van der Waals surface area contributed by atoms with Gasteiger partial charge in [-0.3, -0.25) is 0 Å². The summed E-state index contributed by atoms with van der Waals surface area (Å²) in [6.45, 7) is 7.90. The van der Waals surface area contributed by atoms with Crippen LogP contribution in [0.1, 0.15) is 41.4 Å². The molecule has 126 valence electrons. The van der Waals surface area contributed by atoms with Crippen molar-refractivity contribution in [2.45, 2.75) is 33.6 Å². The van der Waals surface area contributed by atoms with Gasteiger partial charge in [0.25, 0.3) is 0 Å². The summed E-state index contributed by atoms with van der Waals surface area (Å²) in [4.78, 5) is 18.9. The number of nitrogens with zero attached hydrogens (tertiary/aromatic N) is 2. The topological polar surface area (TPSA) is 53.4 Å². The van der Waals surface area contributed by atoms with Crippen LogP contribution in [0, 0.1) is 19.8 Å². The summed E-state index contributed by atoms with van der Waals surface area (Å²) in [5.41, 5.74) is 3.98. The molecular weight excluding hydrogens is 300 g/mol. The molecule has 1 aliphatic heterocycles. The lowest BCUT2D eigenvalue weighted by molar-refractivity contribution is 0.0698. The van der Waals surface area contributed by atoms with Crippen molar-refractivity contribution in [1.29, 1.82) is 0 Å². The monoisotopic (exact) mass is 324 g/mol. The number of hydrogen-bond donors (Lipinski definition) is 1. The SMILES string of the molecule is Cc1cc(-c2ccccc2C)c(C(=O)O)c(N2CCCC(C)C2)n1. The number of carboxylic acids is 1. The number of carbonyl (C=O) groups is 1. The summed E-state index contributed by atoms with van der Waals surface area (Å²) in [5.74, 6) is 0.269. The lowest BCUT2D eigenvalue weighted by atomic mass is 9.94. The molecule has 24 heavy (non-hydrogen) atoms. The number of carboxylic acid groups (broad SMARTS) is 1. The zero-order valence-electron chi connectivity index (χ0n) is 14.5. The number of aryl methyl sites for hydroxylation is 2. The van der Waals surface area contributed by atoms with E-state index in [-0.39, 0.29) is 0 Å². The van der Waals surface area contributed by atoms with Crippen LogP contribution in [0.3, 0.4) is 0 Å². The molecule has 1 N–H and O–H groups in total. The van der Waals surface area contributed by atoms with Crippen LogP contribution in [0.5, 0.6) is 0 Å². The highest BCUT2D eigenvalue weighted by molar-refractivity contribution is 6.01. The average Bonchev–Trinajstić information content (AvgIpc) is 2.54. The minimum atomic E-state index is -0.908. The number of aromatic carboxylic acids is 1. The molecule has 4 heteroatoms. The van der Waals surface area contributed by atoms with Gasteiger partial charge in [0.2, 0.25) is 0 Å². The van der Waals surface area contributed by atoms with Crippen molar-refractivity contribution >= 4 is 11.8 Å². The Kier molecular flexibility index (Phi) is 4.56. The van der Waals surface area contributed by atoms with E-state index in [1.165, 1.54) is 6.42 Å². The number of hydrogen-bond acceptors (Lipinski definition) is 3. The Balaban J connectivity index is 2.20. The number of aromatic nitrogens is 1. The minimum Gasteiger partial charge on any atom is -0.478 e. The van der Waals surface area contributed by atoms with Crippen molar-refractivity contribution in [3.63, 3.8) is 0 Å². The molecule has 0 aliphatic carbocycles. The normalized spacial score (nSPS) is 17.8. The van der Waals surface area contributed by atoms with Gasteiger partial charge in [-0.2, -0.15) is 0 Å². The lowest BCUT2D eigenvalue weighted by Gasteiger charge is -2.33. The summed E-state index contributed by atoms with van der Waals surface area (Å²) in [5, 5.41) is 9.92. The number of rotatable bonds is 3. The zero-order valence-corrected chi connectivity index (χ0v) is 14.5. The molecule has 1 atom stereocenters. The van der Waals surface area contributed by atoms with Crippen LogP contribution < -0.4 is 4.90 Å².